The zero-order valence-corrected chi connectivity index (χ0v) is 16.4. The third-order valence-corrected chi connectivity index (χ3v) is 5.22. The molecule has 0 saturated carbocycles. The van der Waals surface area contributed by atoms with Crippen molar-refractivity contribution in [3.8, 4) is 22.4 Å². The van der Waals surface area contributed by atoms with Crippen molar-refractivity contribution in [1.82, 2.24) is 20.3 Å². The first-order chi connectivity index (χ1) is 14.5. The van der Waals surface area contributed by atoms with Gasteiger partial charge >= 0.3 is 6.03 Å². The lowest BCUT2D eigenvalue weighted by atomic mass is 10.0. The number of hydrogen-bond acceptors (Lipinski definition) is 5. The highest BCUT2D eigenvalue weighted by Gasteiger charge is 2.22. The number of pyridine rings is 2. The molecule has 1 aromatic carbocycles. The first-order valence-corrected chi connectivity index (χ1v) is 9.70. The molecular weight excluding hydrogens is 415 g/mol. The van der Waals surface area contributed by atoms with Gasteiger partial charge < -0.3 is 5.32 Å². The van der Waals surface area contributed by atoms with Crippen molar-refractivity contribution < 1.29 is 18.0 Å². The number of rotatable bonds is 4. The number of carbonyl (C=O) groups is 1. The minimum atomic E-state index is -0.783. The second kappa shape index (κ2) is 8.07. The summed E-state index contributed by atoms with van der Waals surface area (Å²) in [4.78, 5) is 23.6. The number of halogens is 3. The summed E-state index contributed by atoms with van der Waals surface area (Å²) in [7, 11) is 0. The van der Waals surface area contributed by atoms with Gasteiger partial charge in [-0.15, -0.1) is 0 Å². The lowest BCUT2D eigenvalue weighted by Crippen LogP contribution is -2.28. The van der Waals surface area contributed by atoms with Gasteiger partial charge in [-0.05, 0) is 36.8 Å². The van der Waals surface area contributed by atoms with Crippen LogP contribution in [-0.2, 0) is 0 Å². The van der Waals surface area contributed by atoms with Crippen molar-refractivity contribution in [3.63, 3.8) is 0 Å². The smallest absolute Gasteiger partial charge is 0.321 e. The number of hydrogen-bond donors (Lipinski definition) is 2. The molecule has 0 unspecified atom stereocenters. The van der Waals surface area contributed by atoms with Gasteiger partial charge in [0.25, 0.3) is 0 Å². The molecule has 4 aromatic rings. The van der Waals surface area contributed by atoms with Gasteiger partial charge in [-0.25, -0.2) is 23.5 Å². The number of nitrogens with one attached hydrogen (secondary N) is 2. The van der Waals surface area contributed by atoms with Crippen LogP contribution < -0.4 is 10.6 Å². The van der Waals surface area contributed by atoms with Crippen LogP contribution in [0.3, 0.4) is 0 Å². The summed E-state index contributed by atoms with van der Waals surface area (Å²) in [5.41, 5.74) is 0.413. The molecule has 0 atom stereocenters. The normalized spacial score (nSPS) is 10.9. The highest BCUT2D eigenvalue weighted by molar-refractivity contribution is 7.22. The molecule has 2 N–H and O–H groups in total. The summed E-state index contributed by atoms with van der Waals surface area (Å²) in [5, 5.41) is 5.21. The molecule has 0 aliphatic rings. The highest BCUT2D eigenvalue weighted by Crippen LogP contribution is 2.41. The SMILES string of the molecule is CCNC(=O)Nc1nc2c(F)c(-c3ccnc(F)c3)cc(-c3ncccc3F)c2s1. The number of fused-ring (bicyclic) bond motifs is 1. The van der Waals surface area contributed by atoms with E-state index in [2.05, 4.69) is 25.6 Å². The Morgan fingerprint density at radius 2 is 1.93 bits per heavy atom. The fraction of sp³-hybridized carbons (Fsp3) is 0.100. The van der Waals surface area contributed by atoms with E-state index in [0.717, 1.165) is 17.4 Å². The molecular formula is C20H14F3N5OS. The quantitative estimate of drug-likeness (QED) is 0.449. The van der Waals surface area contributed by atoms with Crippen molar-refractivity contribution in [1.29, 1.82) is 0 Å². The van der Waals surface area contributed by atoms with Crippen molar-refractivity contribution in [3.05, 3.63) is 60.3 Å². The second-order valence-corrected chi connectivity index (χ2v) is 7.17. The molecule has 30 heavy (non-hydrogen) atoms. The van der Waals surface area contributed by atoms with Crippen molar-refractivity contribution in [2.75, 3.05) is 11.9 Å². The molecule has 0 aliphatic heterocycles. The van der Waals surface area contributed by atoms with Crippen molar-refractivity contribution in [2.24, 2.45) is 0 Å². The average molecular weight is 429 g/mol. The second-order valence-electron chi connectivity index (χ2n) is 6.17. The molecule has 3 heterocycles. The number of benzene rings is 1. The van der Waals surface area contributed by atoms with Crippen molar-refractivity contribution in [2.45, 2.75) is 6.92 Å². The maximum Gasteiger partial charge on any atom is 0.321 e. The molecule has 6 nitrogen and oxygen atoms in total. The van der Waals surface area contributed by atoms with E-state index in [1.807, 2.05) is 0 Å². The van der Waals surface area contributed by atoms with Gasteiger partial charge in [0.15, 0.2) is 10.9 Å². The summed E-state index contributed by atoms with van der Waals surface area (Å²) in [6.07, 6.45) is 2.62. The molecule has 10 heteroatoms. The summed E-state index contributed by atoms with van der Waals surface area (Å²) in [6.45, 7) is 2.15. The van der Waals surface area contributed by atoms with E-state index < -0.39 is 23.6 Å². The Bertz CT molecular complexity index is 1260. The third-order valence-electron chi connectivity index (χ3n) is 4.21. The van der Waals surface area contributed by atoms with Crippen molar-refractivity contribution >= 4 is 32.7 Å². The molecule has 0 saturated heterocycles. The van der Waals surface area contributed by atoms with E-state index in [1.165, 1.54) is 36.7 Å². The molecule has 0 fully saturated rings. The maximum atomic E-state index is 15.3. The van der Waals surface area contributed by atoms with Gasteiger partial charge in [-0.3, -0.25) is 10.3 Å². The van der Waals surface area contributed by atoms with Gasteiger partial charge in [-0.1, -0.05) is 11.3 Å². The minimum absolute atomic E-state index is 0.00788. The first-order valence-electron chi connectivity index (χ1n) is 8.88. The lowest BCUT2D eigenvalue weighted by molar-refractivity contribution is 0.252. The summed E-state index contributed by atoms with van der Waals surface area (Å²) < 4.78 is 43.8. The molecule has 2 amide bonds. The summed E-state index contributed by atoms with van der Waals surface area (Å²) in [5.74, 6) is -2.12. The Labute approximate surface area is 172 Å². The van der Waals surface area contributed by atoms with Crippen LogP contribution in [0.15, 0.2) is 42.7 Å². The van der Waals surface area contributed by atoms with Gasteiger partial charge in [0.2, 0.25) is 5.95 Å². The molecule has 4 rings (SSSR count). The zero-order chi connectivity index (χ0) is 21.3. The monoisotopic (exact) mass is 429 g/mol. The number of anilines is 1. The van der Waals surface area contributed by atoms with Gasteiger partial charge in [0.05, 0.1) is 4.70 Å². The predicted molar refractivity (Wildman–Crippen MR) is 109 cm³/mol. The Morgan fingerprint density at radius 3 is 2.67 bits per heavy atom. The van der Waals surface area contributed by atoms with Crippen LogP contribution >= 0.6 is 11.3 Å². The van der Waals surface area contributed by atoms with Gasteiger partial charge in [0.1, 0.15) is 17.0 Å². The van der Waals surface area contributed by atoms with E-state index in [1.54, 1.807) is 6.92 Å². The number of aromatic nitrogens is 3. The standard InChI is InChI=1S/C20H14F3N5OS/c1-2-24-19(29)28-20-27-17-15(23)11(10-5-7-25-14(22)8-10)9-12(18(17)30-20)16-13(21)4-3-6-26-16/h3-9H,2H2,1H3,(H2,24,27,28,29). The number of nitrogens with zero attached hydrogens (tertiary/aromatic N) is 3. The van der Waals surface area contributed by atoms with E-state index in [-0.39, 0.29) is 33.0 Å². The van der Waals surface area contributed by atoms with E-state index in [0.29, 0.717) is 11.2 Å². The van der Waals surface area contributed by atoms with Gasteiger partial charge in [-0.2, -0.15) is 4.39 Å². The third kappa shape index (κ3) is 3.69. The Kier molecular flexibility index (Phi) is 5.32. The van der Waals surface area contributed by atoms with Crippen LogP contribution in [0.5, 0.6) is 0 Å². The molecule has 0 spiro atoms. The Morgan fingerprint density at radius 1 is 1.10 bits per heavy atom. The number of urea groups is 1. The van der Waals surface area contributed by atoms with E-state index >= 15 is 4.39 Å². The van der Waals surface area contributed by atoms with Crippen LogP contribution in [0, 0.1) is 17.6 Å². The topological polar surface area (TPSA) is 79.8 Å². The average Bonchev–Trinajstić information content (AvgIpc) is 3.13. The Hall–Kier alpha value is -3.53. The summed E-state index contributed by atoms with van der Waals surface area (Å²) >= 11 is 0.987. The molecule has 0 bridgehead atoms. The lowest BCUT2D eigenvalue weighted by Gasteiger charge is -2.09. The molecule has 0 aliphatic carbocycles. The largest absolute Gasteiger partial charge is 0.338 e. The summed E-state index contributed by atoms with van der Waals surface area (Å²) in [6, 6.07) is 6.08. The van der Waals surface area contributed by atoms with E-state index in [4.69, 9.17) is 0 Å². The van der Waals surface area contributed by atoms with Crippen LogP contribution in [0.2, 0.25) is 0 Å². The van der Waals surface area contributed by atoms with E-state index in [9.17, 15) is 13.6 Å². The molecule has 3 aromatic heterocycles. The number of thiazole rings is 1. The highest BCUT2D eigenvalue weighted by atomic mass is 32.1. The van der Waals surface area contributed by atoms with Crippen LogP contribution in [0.1, 0.15) is 6.92 Å². The minimum Gasteiger partial charge on any atom is -0.338 e. The molecule has 152 valence electrons. The fourth-order valence-electron chi connectivity index (χ4n) is 2.95. The molecule has 0 radical (unpaired) electrons. The van der Waals surface area contributed by atoms with Crippen LogP contribution in [0.25, 0.3) is 32.6 Å². The van der Waals surface area contributed by atoms with Crippen LogP contribution in [0.4, 0.5) is 23.1 Å². The fourth-order valence-corrected chi connectivity index (χ4v) is 3.92. The zero-order valence-electron chi connectivity index (χ0n) is 15.5. The number of carbonyl (C=O) groups excluding carboxylic acids is 1. The predicted octanol–water partition coefficient (Wildman–Crippen LogP) is 4.98. The maximum absolute atomic E-state index is 15.3. The Balaban J connectivity index is 1.97. The number of amides is 2. The van der Waals surface area contributed by atoms with Crippen LogP contribution in [-0.4, -0.2) is 27.5 Å². The van der Waals surface area contributed by atoms with Gasteiger partial charge in [0, 0.05) is 36.1 Å². The first kappa shape index (κ1) is 19.8.